The van der Waals surface area contributed by atoms with E-state index in [1.807, 2.05) is 0 Å². The molecular weight excluding hydrogens is 235 g/mol. The molecule has 15 heavy (non-hydrogen) atoms. The van der Waals surface area contributed by atoms with Crippen LogP contribution in [0.2, 0.25) is 18.1 Å². The van der Waals surface area contributed by atoms with Crippen molar-refractivity contribution in [2.75, 3.05) is 6.86 Å². The molecule has 0 aliphatic rings. The minimum atomic E-state index is -5.17. The summed E-state index contributed by atoms with van der Waals surface area (Å²) in [5, 5.41) is 0. The van der Waals surface area contributed by atoms with E-state index in [9.17, 15) is 22.0 Å². The Morgan fingerprint density at radius 1 is 1.20 bits per heavy atom. The molecule has 0 aliphatic carbocycles. The molecule has 0 heterocycles. The zero-order chi connectivity index (χ0) is 12.3. The zero-order valence-corrected chi connectivity index (χ0v) is 10.0. The molecule has 0 rings (SSSR count). The summed E-state index contributed by atoms with van der Waals surface area (Å²) in [6.07, 6.45) is -5.17. The van der Waals surface area contributed by atoms with Crippen molar-refractivity contribution >= 4 is 8.80 Å². The fraction of sp³-hybridized carbons (Fsp3) is 1.00. The number of hydrogen-bond acceptors (Lipinski definition) is 1. The monoisotopic (exact) mass is 250 g/mol. The summed E-state index contributed by atoms with van der Waals surface area (Å²) in [6, 6.07) is -0.752. The normalized spacial score (nSPS) is 19.0. The van der Waals surface area contributed by atoms with Gasteiger partial charge in [0.2, 0.25) is 0 Å². The van der Waals surface area contributed by atoms with E-state index in [0.29, 0.717) is 0 Å². The standard InChI is InChI=1S/C8H15F5OSi/c1-6(2)15(3)4-7(10,14-5-9)8(11,12)13/h6,15H,4-5H2,1-3H3. The van der Waals surface area contributed by atoms with E-state index in [4.69, 9.17) is 0 Å². The van der Waals surface area contributed by atoms with Gasteiger partial charge in [-0.25, -0.2) is 8.78 Å². The predicted molar refractivity (Wildman–Crippen MR) is 49.9 cm³/mol. The van der Waals surface area contributed by atoms with Crippen LogP contribution in [0.1, 0.15) is 13.8 Å². The summed E-state index contributed by atoms with van der Waals surface area (Å²) in [5.41, 5.74) is 0.00527. The van der Waals surface area contributed by atoms with Crippen LogP contribution in [0.4, 0.5) is 22.0 Å². The molecule has 0 fully saturated rings. The van der Waals surface area contributed by atoms with E-state index >= 15 is 0 Å². The Morgan fingerprint density at radius 2 is 1.67 bits per heavy atom. The highest BCUT2D eigenvalue weighted by Crippen LogP contribution is 2.40. The van der Waals surface area contributed by atoms with E-state index < -0.39 is 33.7 Å². The smallest absolute Gasteiger partial charge is 0.307 e. The lowest BCUT2D eigenvalue weighted by Gasteiger charge is -2.29. The van der Waals surface area contributed by atoms with Gasteiger partial charge < -0.3 is 4.74 Å². The van der Waals surface area contributed by atoms with Gasteiger partial charge in [0.25, 0.3) is 0 Å². The van der Waals surface area contributed by atoms with Crippen LogP contribution < -0.4 is 0 Å². The maximum absolute atomic E-state index is 13.4. The third-order valence-electron chi connectivity index (χ3n) is 2.43. The van der Waals surface area contributed by atoms with Crippen LogP contribution >= 0.6 is 0 Å². The Bertz CT molecular complexity index is 196. The average Bonchev–Trinajstić information content (AvgIpc) is 2.02. The molecule has 0 aliphatic heterocycles. The highest BCUT2D eigenvalue weighted by molar-refractivity contribution is 6.59. The van der Waals surface area contributed by atoms with Crippen molar-refractivity contribution in [1.82, 2.24) is 0 Å². The molecule has 2 unspecified atom stereocenters. The van der Waals surface area contributed by atoms with E-state index in [0.717, 1.165) is 0 Å². The van der Waals surface area contributed by atoms with Gasteiger partial charge in [-0.3, -0.25) is 0 Å². The molecule has 0 saturated heterocycles. The minimum absolute atomic E-state index is 0.00527. The second-order valence-corrected chi connectivity index (χ2v) is 7.60. The summed E-state index contributed by atoms with van der Waals surface area (Å²) in [7, 11) is -1.92. The van der Waals surface area contributed by atoms with Crippen LogP contribution in [0.15, 0.2) is 0 Å². The van der Waals surface area contributed by atoms with Crippen LogP contribution in [0, 0.1) is 0 Å². The Labute approximate surface area is 87.2 Å². The Balaban J connectivity index is 4.66. The van der Waals surface area contributed by atoms with Gasteiger partial charge in [0, 0.05) is 14.8 Å². The summed E-state index contributed by atoms with van der Waals surface area (Å²) < 4.78 is 65.5. The van der Waals surface area contributed by atoms with Crippen molar-refractivity contribution in [2.24, 2.45) is 0 Å². The van der Waals surface area contributed by atoms with Crippen molar-refractivity contribution < 1.29 is 26.7 Å². The first-order chi connectivity index (χ1) is 6.64. The fourth-order valence-electron chi connectivity index (χ4n) is 0.993. The Morgan fingerprint density at radius 3 is 1.93 bits per heavy atom. The highest BCUT2D eigenvalue weighted by Gasteiger charge is 2.58. The molecule has 2 atom stereocenters. The van der Waals surface area contributed by atoms with Gasteiger partial charge in [-0.1, -0.05) is 25.9 Å². The molecular formula is C8H15F5OSi. The molecule has 1 nitrogen and oxygen atoms in total. The van der Waals surface area contributed by atoms with Crippen LogP contribution in [0.25, 0.3) is 0 Å². The number of alkyl halides is 5. The highest BCUT2D eigenvalue weighted by atomic mass is 28.3. The van der Waals surface area contributed by atoms with E-state index in [1.165, 1.54) is 0 Å². The van der Waals surface area contributed by atoms with Crippen molar-refractivity contribution in [3.05, 3.63) is 0 Å². The van der Waals surface area contributed by atoms with Gasteiger partial charge in [-0.15, -0.1) is 0 Å². The van der Waals surface area contributed by atoms with Crippen LogP contribution in [0.3, 0.4) is 0 Å². The SMILES string of the molecule is CC(C)[SiH](C)CC(F)(OCF)C(F)(F)F. The molecule has 0 aromatic rings. The third-order valence-corrected chi connectivity index (χ3v) is 5.87. The van der Waals surface area contributed by atoms with E-state index in [1.54, 1.807) is 20.4 Å². The average molecular weight is 250 g/mol. The van der Waals surface area contributed by atoms with Gasteiger partial charge >= 0.3 is 12.0 Å². The summed E-state index contributed by atoms with van der Waals surface area (Å²) in [5.74, 6) is -3.82. The zero-order valence-electron chi connectivity index (χ0n) is 8.87. The summed E-state index contributed by atoms with van der Waals surface area (Å²) >= 11 is 0. The molecule has 7 heteroatoms. The first-order valence-electron chi connectivity index (χ1n) is 4.59. The van der Waals surface area contributed by atoms with Crippen LogP contribution in [0.5, 0.6) is 0 Å². The van der Waals surface area contributed by atoms with Crippen molar-refractivity contribution in [2.45, 2.75) is 44.0 Å². The molecule has 0 N–H and O–H groups in total. The van der Waals surface area contributed by atoms with Crippen LogP contribution in [-0.4, -0.2) is 27.7 Å². The number of rotatable bonds is 5. The Hall–Kier alpha value is -0.173. The molecule has 92 valence electrons. The number of halogens is 5. The number of hydrogen-bond donors (Lipinski definition) is 0. The molecule has 0 aromatic heterocycles. The maximum atomic E-state index is 13.4. The lowest BCUT2D eigenvalue weighted by atomic mass is 10.3. The molecule has 0 bridgehead atoms. The molecule has 0 radical (unpaired) electrons. The van der Waals surface area contributed by atoms with Gasteiger partial charge in [0.05, 0.1) is 0 Å². The predicted octanol–water partition coefficient (Wildman–Crippen LogP) is 3.43. The van der Waals surface area contributed by atoms with Crippen molar-refractivity contribution in [1.29, 1.82) is 0 Å². The van der Waals surface area contributed by atoms with Crippen molar-refractivity contribution in [3.63, 3.8) is 0 Å². The second-order valence-electron chi connectivity index (χ2n) is 3.91. The molecule has 0 amide bonds. The number of ether oxygens (including phenoxy) is 1. The van der Waals surface area contributed by atoms with E-state index in [2.05, 4.69) is 4.74 Å². The van der Waals surface area contributed by atoms with Gasteiger partial charge in [0.1, 0.15) is 0 Å². The molecule has 0 aromatic carbocycles. The van der Waals surface area contributed by atoms with E-state index in [-0.39, 0.29) is 5.54 Å². The van der Waals surface area contributed by atoms with Crippen LogP contribution in [-0.2, 0) is 4.74 Å². The van der Waals surface area contributed by atoms with Gasteiger partial charge in [0.15, 0.2) is 6.86 Å². The maximum Gasteiger partial charge on any atom is 0.448 e. The summed E-state index contributed by atoms with van der Waals surface area (Å²) in [4.78, 5) is 0. The first kappa shape index (κ1) is 14.8. The fourth-order valence-corrected chi connectivity index (χ4v) is 2.64. The Kier molecular flexibility index (Phi) is 5.18. The van der Waals surface area contributed by atoms with Crippen molar-refractivity contribution in [3.8, 4) is 0 Å². The lowest BCUT2D eigenvalue weighted by molar-refractivity contribution is -0.332. The quantitative estimate of drug-likeness (QED) is 0.536. The minimum Gasteiger partial charge on any atom is -0.307 e. The third kappa shape index (κ3) is 4.06. The molecule has 0 saturated carbocycles. The van der Waals surface area contributed by atoms with Gasteiger partial charge in [-0.05, 0) is 0 Å². The first-order valence-corrected chi connectivity index (χ1v) is 7.23. The van der Waals surface area contributed by atoms with Gasteiger partial charge in [-0.2, -0.15) is 13.2 Å². The second kappa shape index (κ2) is 5.24. The molecule has 0 spiro atoms. The largest absolute Gasteiger partial charge is 0.448 e. The lowest BCUT2D eigenvalue weighted by Crippen LogP contribution is -2.46. The topological polar surface area (TPSA) is 9.23 Å². The summed E-state index contributed by atoms with van der Waals surface area (Å²) in [6.45, 7) is 3.29.